The molecule has 0 atom stereocenters. The number of aromatic nitrogens is 1. The molecule has 2 heterocycles. The second-order valence-corrected chi connectivity index (χ2v) is 4.81. The molecule has 1 saturated heterocycles. The molecule has 1 N–H and O–H groups in total. The first-order valence-electron chi connectivity index (χ1n) is 6.71. The number of carboxylic acids is 1. The molecule has 104 valence electrons. The molecule has 1 aromatic heterocycles. The quantitative estimate of drug-likeness (QED) is 0.907. The number of hydrogen-bond acceptors (Lipinski definition) is 4. The van der Waals surface area contributed by atoms with E-state index in [0.717, 1.165) is 23.9 Å². The van der Waals surface area contributed by atoms with Gasteiger partial charge in [0.15, 0.2) is 0 Å². The Morgan fingerprint density at radius 1 is 1.25 bits per heavy atom. The van der Waals surface area contributed by atoms with Crippen molar-refractivity contribution in [1.29, 1.82) is 0 Å². The summed E-state index contributed by atoms with van der Waals surface area (Å²) in [5, 5.41) is 10.3. The van der Waals surface area contributed by atoms with E-state index in [1.807, 2.05) is 29.2 Å². The van der Waals surface area contributed by atoms with Crippen LogP contribution in [0.1, 0.15) is 16.8 Å². The average molecular weight is 272 g/mol. The van der Waals surface area contributed by atoms with Gasteiger partial charge in [0.2, 0.25) is 0 Å². The van der Waals surface area contributed by atoms with Gasteiger partial charge in [0.25, 0.3) is 0 Å². The Balaban J connectivity index is 2.11. The van der Waals surface area contributed by atoms with Crippen LogP contribution in [0.3, 0.4) is 0 Å². The molecule has 1 aliphatic rings. The highest BCUT2D eigenvalue weighted by molar-refractivity contribution is 5.98. The van der Waals surface area contributed by atoms with Crippen LogP contribution in [0.5, 0.6) is 0 Å². The highest BCUT2D eigenvalue weighted by atomic mass is 16.5. The van der Waals surface area contributed by atoms with Crippen LogP contribution < -0.4 is 4.90 Å². The topological polar surface area (TPSA) is 62.7 Å². The smallest absolute Gasteiger partial charge is 0.339 e. The number of benzene rings is 1. The van der Waals surface area contributed by atoms with Crippen molar-refractivity contribution in [2.75, 3.05) is 31.2 Å². The minimum absolute atomic E-state index is 0.255. The lowest BCUT2D eigenvalue weighted by Gasteiger charge is -2.22. The molecular formula is C15H16N2O3. The van der Waals surface area contributed by atoms with Crippen LogP contribution in [0.4, 0.5) is 5.82 Å². The molecule has 0 unspecified atom stereocenters. The fraction of sp³-hybridized carbons (Fsp3) is 0.333. The standard InChI is InChI=1S/C15H16N2O3/c18-15(19)12-10-11-4-1-2-5-13(11)16-14(12)17-6-3-8-20-9-7-17/h1-2,4-5,10H,3,6-9H2,(H,18,19). The van der Waals surface area contributed by atoms with Gasteiger partial charge in [-0.3, -0.25) is 0 Å². The van der Waals surface area contributed by atoms with Crippen molar-refractivity contribution in [3.8, 4) is 0 Å². The first-order valence-corrected chi connectivity index (χ1v) is 6.71. The highest BCUT2D eigenvalue weighted by Gasteiger charge is 2.20. The third-order valence-electron chi connectivity index (χ3n) is 3.46. The molecule has 0 aliphatic carbocycles. The number of carboxylic acid groups (broad SMARTS) is 1. The van der Waals surface area contributed by atoms with Crippen LogP contribution in [-0.2, 0) is 4.74 Å². The van der Waals surface area contributed by atoms with E-state index in [9.17, 15) is 9.90 Å². The van der Waals surface area contributed by atoms with Gasteiger partial charge in [0, 0.05) is 25.1 Å². The molecule has 0 amide bonds. The molecule has 5 nitrogen and oxygen atoms in total. The van der Waals surface area contributed by atoms with Gasteiger partial charge in [0.05, 0.1) is 12.1 Å². The maximum Gasteiger partial charge on any atom is 0.339 e. The summed E-state index contributed by atoms with van der Waals surface area (Å²) < 4.78 is 5.42. The molecule has 2 aromatic rings. The monoisotopic (exact) mass is 272 g/mol. The van der Waals surface area contributed by atoms with Crippen molar-refractivity contribution in [2.45, 2.75) is 6.42 Å². The van der Waals surface area contributed by atoms with Gasteiger partial charge in [-0.25, -0.2) is 9.78 Å². The molecule has 1 aromatic carbocycles. The van der Waals surface area contributed by atoms with Crippen LogP contribution in [0.25, 0.3) is 10.9 Å². The fourth-order valence-corrected chi connectivity index (χ4v) is 2.46. The van der Waals surface area contributed by atoms with Crippen LogP contribution in [0, 0.1) is 0 Å². The number of carbonyl (C=O) groups is 1. The number of nitrogens with zero attached hydrogens (tertiary/aromatic N) is 2. The number of fused-ring (bicyclic) bond motifs is 1. The van der Waals surface area contributed by atoms with Gasteiger partial charge in [-0.05, 0) is 18.6 Å². The summed E-state index contributed by atoms with van der Waals surface area (Å²) in [6, 6.07) is 9.27. The first kappa shape index (κ1) is 12.9. The second-order valence-electron chi connectivity index (χ2n) is 4.81. The molecule has 3 rings (SSSR count). The van der Waals surface area contributed by atoms with Gasteiger partial charge >= 0.3 is 5.97 Å². The zero-order valence-corrected chi connectivity index (χ0v) is 11.1. The molecule has 0 bridgehead atoms. The Hall–Kier alpha value is -2.14. The van der Waals surface area contributed by atoms with Crippen molar-refractivity contribution >= 4 is 22.7 Å². The second kappa shape index (κ2) is 5.46. The van der Waals surface area contributed by atoms with Gasteiger partial charge in [-0.1, -0.05) is 18.2 Å². The van der Waals surface area contributed by atoms with Gasteiger partial charge in [-0.15, -0.1) is 0 Å². The molecule has 1 fully saturated rings. The van der Waals surface area contributed by atoms with E-state index in [4.69, 9.17) is 4.74 Å². The van der Waals surface area contributed by atoms with Crippen molar-refractivity contribution in [1.82, 2.24) is 4.98 Å². The first-order chi connectivity index (χ1) is 9.75. The predicted octanol–water partition coefficient (Wildman–Crippen LogP) is 2.16. The van der Waals surface area contributed by atoms with Crippen molar-refractivity contribution in [3.63, 3.8) is 0 Å². The fourth-order valence-electron chi connectivity index (χ4n) is 2.46. The Kier molecular flexibility index (Phi) is 3.52. The summed E-state index contributed by atoms with van der Waals surface area (Å²) in [5.41, 5.74) is 1.07. The van der Waals surface area contributed by atoms with Crippen LogP contribution in [-0.4, -0.2) is 42.4 Å². The maximum absolute atomic E-state index is 11.5. The van der Waals surface area contributed by atoms with Crippen LogP contribution in [0.15, 0.2) is 30.3 Å². The summed E-state index contributed by atoms with van der Waals surface area (Å²) in [5.74, 6) is -0.398. The lowest BCUT2D eigenvalue weighted by atomic mass is 10.1. The Labute approximate surface area is 116 Å². The molecule has 20 heavy (non-hydrogen) atoms. The molecular weight excluding hydrogens is 256 g/mol. The zero-order chi connectivity index (χ0) is 13.9. The summed E-state index contributed by atoms with van der Waals surface area (Å²) in [7, 11) is 0. The lowest BCUT2D eigenvalue weighted by Crippen LogP contribution is -2.28. The Bertz CT molecular complexity index is 634. The molecule has 0 radical (unpaired) electrons. The number of para-hydroxylation sites is 1. The Morgan fingerprint density at radius 2 is 2.10 bits per heavy atom. The van der Waals surface area contributed by atoms with Crippen molar-refractivity contribution in [3.05, 3.63) is 35.9 Å². The summed E-state index contributed by atoms with van der Waals surface area (Å²) in [4.78, 5) is 18.1. The minimum atomic E-state index is -0.941. The van der Waals surface area contributed by atoms with E-state index in [-0.39, 0.29) is 5.56 Å². The summed E-state index contributed by atoms with van der Waals surface area (Å²) in [6.45, 7) is 2.76. The number of rotatable bonds is 2. The molecule has 0 saturated carbocycles. The van der Waals surface area contributed by atoms with E-state index in [2.05, 4.69) is 4.98 Å². The number of pyridine rings is 1. The van der Waals surface area contributed by atoms with Crippen LogP contribution in [0.2, 0.25) is 0 Å². The number of hydrogen-bond donors (Lipinski definition) is 1. The number of aromatic carboxylic acids is 1. The zero-order valence-electron chi connectivity index (χ0n) is 11.1. The maximum atomic E-state index is 11.5. The van der Waals surface area contributed by atoms with Crippen LogP contribution >= 0.6 is 0 Å². The predicted molar refractivity (Wildman–Crippen MR) is 76.4 cm³/mol. The average Bonchev–Trinajstić information content (AvgIpc) is 2.74. The van der Waals surface area contributed by atoms with Crippen molar-refractivity contribution < 1.29 is 14.6 Å². The third-order valence-corrected chi connectivity index (χ3v) is 3.46. The summed E-state index contributed by atoms with van der Waals surface area (Å²) in [6.07, 6.45) is 0.883. The van der Waals surface area contributed by atoms with Gasteiger partial charge in [0.1, 0.15) is 11.4 Å². The van der Waals surface area contributed by atoms with E-state index in [0.29, 0.717) is 25.6 Å². The van der Waals surface area contributed by atoms with Crippen molar-refractivity contribution in [2.24, 2.45) is 0 Å². The minimum Gasteiger partial charge on any atom is -0.478 e. The van der Waals surface area contributed by atoms with E-state index in [1.165, 1.54) is 0 Å². The van der Waals surface area contributed by atoms with E-state index >= 15 is 0 Å². The molecule has 0 spiro atoms. The largest absolute Gasteiger partial charge is 0.478 e. The van der Waals surface area contributed by atoms with E-state index in [1.54, 1.807) is 6.07 Å². The van der Waals surface area contributed by atoms with Gasteiger partial charge in [-0.2, -0.15) is 0 Å². The molecule has 1 aliphatic heterocycles. The van der Waals surface area contributed by atoms with Gasteiger partial charge < -0.3 is 14.7 Å². The summed E-state index contributed by atoms with van der Waals surface area (Å²) >= 11 is 0. The third kappa shape index (κ3) is 2.44. The Morgan fingerprint density at radius 3 is 2.95 bits per heavy atom. The normalized spacial score (nSPS) is 16.1. The number of ether oxygens (including phenoxy) is 1. The SMILES string of the molecule is O=C(O)c1cc2ccccc2nc1N1CCCOCC1. The molecule has 5 heteroatoms. The lowest BCUT2D eigenvalue weighted by molar-refractivity contribution is 0.0697. The number of anilines is 1. The highest BCUT2D eigenvalue weighted by Crippen LogP contribution is 2.24. The van der Waals surface area contributed by atoms with E-state index < -0.39 is 5.97 Å².